The summed E-state index contributed by atoms with van der Waals surface area (Å²) < 4.78 is 0. The molecule has 4 fully saturated rings. The molecule has 0 aromatic rings. The zero-order chi connectivity index (χ0) is 25.9. The van der Waals surface area contributed by atoms with Crippen molar-refractivity contribution in [2.45, 2.75) is 123 Å². The number of hydrogen-bond donors (Lipinski definition) is 5. The number of aliphatic hydroxyl groups excluding tert-OH is 3. The van der Waals surface area contributed by atoms with Gasteiger partial charge in [0.15, 0.2) is 0 Å². The molecule has 0 heterocycles. The number of carboxylic acid groups (broad SMARTS) is 1. The van der Waals surface area contributed by atoms with Crippen LogP contribution in [0, 0.1) is 52.3 Å². The van der Waals surface area contributed by atoms with E-state index in [0.717, 1.165) is 32.1 Å². The summed E-state index contributed by atoms with van der Waals surface area (Å²) in [5.74, 6) is 1.08. The second-order valence-electron chi connectivity index (χ2n) is 13.9. The molecule has 6 nitrogen and oxygen atoms in total. The van der Waals surface area contributed by atoms with Crippen molar-refractivity contribution in [2.24, 2.45) is 52.3 Å². The molecular formula is C29H50O6. The summed E-state index contributed by atoms with van der Waals surface area (Å²) in [7, 11) is 0. The Kier molecular flexibility index (Phi) is 7.47. The summed E-state index contributed by atoms with van der Waals surface area (Å²) in [5.41, 5.74) is -1.72. The smallest absolute Gasteiger partial charge is 0.303 e. The van der Waals surface area contributed by atoms with Crippen LogP contribution in [-0.2, 0) is 4.79 Å². The number of rotatable bonds is 7. The molecule has 4 saturated carbocycles. The molecular weight excluding hydrogens is 444 g/mol. The van der Waals surface area contributed by atoms with E-state index in [4.69, 9.17) is 0 Å². The van der Waals surface area contributed by atoms with Crippen molar-refractivity contribution in [3.63, 3.8) is 0 Å². The quantitative estimate of drug-likeness (QED) is 0.362. The van der Waals surface area contributed by atoms with E-state index in [-0.39, 0.29) is 41.9 Å². The van der Waals surface area contributed by atoms with Crippen molar-refractivity contribution < 1.29 is 30.3 Å². The molecule has 0 amide bonds. The molecule has 4 aliphatic carbocycles. The molecule has 5 N–H and O–H groups in total. The lowest BCUT2D eigenvalue weighted by molar-refractivity contribution is -0.268. The number of carboxylic acids is 1. The molecule has 0 radical (unpaired) electrons. The largest absolute Gasteiger partial charge is 0.481 e. The van der Waals surface area contributed by atoms with Crippen LogP contribution >= 0.6 is 0 Å². The van der Waals surface area contributed by atoms with Crippen LogP contribution in [-0.4, -0.2) is 55.4 Å². The highest BCUT2D eigenvalue weighted by Gasteiger charge is 2.68. The number of fused-ring (bicyclic) bond motifs is 5. The lowest BCUT2D eigenvalue weighted by atomic mass is 9.42. The summed E-state index contributed by atoms with van der Waals surface area (Å²) in [6, 6.07) is 0. The first kappa shape index (κ1) is 27.3. The summed E-state index contributed by atoms with van der Waals surface area (Å²) in [6.45, 7) is 11.0. The van der Waals surface area contributed by atoms with Crippen molar-refractivity contribution >= 4 is 5.97 Å². The molecule has 12 atom stereocenters. The van der Waals surface area contributed by atoms with Crippen molar-refractivity contribution in [1.29, 1.82) is 0 Å². The Bertz CT molecular complexity index is 785. The predicted molar refractivity (Wildman–Crippen MR) is 134 cm³/mol. The topological polar surface area (TPSA) is 118 Å². The Morgan fingerprint density at radius 3 is 2.31 bits per heavy atom. The first-order chi connectivity index (χ1) is 16.2. The summed E-state index contributed by atoms with van der Waals surface area (Å²) in [4.78, 5) is 11.3. The second kappa shape index (κ2) is 9.56. The third kappa shape index (κ3) is 4.38. The average Bonchev–Trinajstić information content (AvgIpc) is 3.03. The van der Waals surface area contributed by atoms with Gasteiger partial charge >= 0.3 is 5.97 Å². The summed E-state index contributed by atoms with van der Waals surface area (Å²) >= 11 is 0. The SMILES string of the molecule is CC(C)[C@H](CC[C@@H](C)[C@H]1C[C@H](O)[C@@H]2[C@@H]3C[C@@H](O)[C@@]4(O)C[C@@H](O)CC[C@]4(C)[C@H]3CC[C@@]21C)CC(=O)O. The molecule has 202 valence electrons. The minimum atomic E-state index is -1.26. The van der Waals surface area contributed by atoms with Crippen LogP contribution < -0.4 is 0 Å². The van der Waals surface area contributed by atoms with E-state index in [1.807, 2.05) is 0 Å². The molecule has 0 aliphatic heterocycles. The van der Waals surface area contributed by atoms with Gasteiger partial charge in [0, 0.05) is 18.3 Å². The highest BCUT2D eigenvalue weighted by atomic mass is 16.4. The highest BCUT2D eigenvalue weighted by molar-refractivity contribution is 5.67. The van der Waals surface area contributed by atoms with Gasteiger partial charge in [0.2, 0.25) is 0 Å². The average molecular weight is 495 g/mol. The molecule has 4 rings (SSSR count). The third-order valence-corrected chi connectivity index (χ3v) is 11.9. The van der Waals surface area contributed by atoms with E-state index in [0.29, 0.717) is 37.0 Å². The van der Waals surface area contributed by atoms with Crippen molar-refractivity contribution in [3.8, 4) is 0 Å². The normalized spacial score (nSPS) is 49.1. The van der Waals surface area contributed by atoms with Gasteiger partial charge in [-0.2, -0.15) is 0 Å². The van der Waals surface area contributed by atoms with Crippen LogP contribution in [0.2, 0.25) is 0 Å². The zero-order valence-electron chi connectivity index (χ0n) is 22.5. The fourth-order valence-corrected chi connectivity index (χ4v) is 9.83. The fourth-order valence-electron chi connectivity index (χ4n) is 9.83. The number of aliphatic hydroxyl groups is 4. The first-order valence-electron chi connectivity index (χ1n) is 14.2. The third-order valence-electron chi connectivity index (χ3n) is 11.9. The predicted octanol–water partition coefficient (Wildman–Crippen LogP) is 4.23. The Labute approximate surface area is 211 Å². The van der Waals surface area contributed by atoms with Crippen LogP contribution in [0.1, 0.15) is 98.8 Å². The van der Waals surface area contributed by atoms with Crippen molar-refractivity contribution in [2.75, 3.05) is 0 Å². The van der Waals surface area contributed by atoms with E-state index in [2.05, 4.69) is 34.6 Å². The van der Waals surface area contributed by atoms with E-state index >= 15 is 0 Å². The molecule has 0 aromatic carbocycles. The fraction of sp³-hybridized carbons (Fsp3) is 0.966. The van der Waals surface area contributed by atoms with Crippen LogP contribution in [0.15, 0.2) is 0 Å². The number of hydrogen-bond acceptors (Lipinski definition) is 5. The van der Waals surface area contributed by atoms with Crippen LogP contribution in [0.3, 0.4) is 0 Å². The monoisotopic (exact) mass is 494 g/mol. The Balaban J connectivity index is 1.53. The highest BCUT2D eigenvalue weighted by Crippen LogP contribution is 2.69. The Hall–Kier alpha value is -0.690. The van der Waals surface area contributed by atoms with Gasteiger partial charge in [0.25, 0.3) is 0 Å². The van der Waals surface area contributed by atoms with E-state index in [1.165, 1.54) is 0 Å². The van der Waals surface area contributed by atoms with Gasteiger partial charge < -0.3 is 25.5 Å². The maximum absolute atomic E-state index is 11.7. The molecule has 4 aliphatic rings. The molecule has 0 aromatic heterocycles. The minimum Gasteiger partial charge on any atom is -0.481 e. The van der Waals surface area contributed by atoms with Crippen molar-refractivity contribution in [3.05, 3.63) is 0 Å². The number of aliphatic carboxylic acids is 1. The zero-order valence-corrected chi connectivity index (χ0v) is 22.5. The molecule has 35 heavy (non-hydrogen) atoms. The van der Waals surface area contributed by atoms with E-state index < -0.39 is 35.3 Å². The maximum atomic E-state index is 11.7. The summed E-state index contributed by atoms with van der Waals surface area (Å²) in [6.07, 6.45) is 5.12. The number of carbonyl (C=O) groups is 1. The van der Waals surface area contributed by atoms with Gasteiger partial charge in [-0.25, -0.2) is 0 Å². The van der Waals surface area contributed by atoms with E-state index in [1.54, 1.807) is 0 Å². The van der Waals surface area contributed by atoms with Crippen LogP contribution in [0.5, 0.6) is 0 Å². The van der Waals surface area contributed by atoms with Gasteiger partial charge in [-0.05, 0) is 91.8 Å². The van der Waals surface area contributed by atoms with Gasteiger partial charge in [0.1, 0.15) is 0 Å². The molecule has 0 spiro atoms. The first-order valence-corrected chi connectivity index (χ1v) is 14.2. The minimum absolute atomic E-state index is 0.0140. The molecule has 0 saturated heterocycles. The van der Waals surface area contributed by atoms with Crippen LogP contribution in [0.4, 0.5) is 0 Å². The molecule has 0 unspecified atom stereocenters. The van der Waals surface area contributed by atoms with E-state index in [9.17, 15) is 30.3 Å². The maximum Gasteiger partial charge on any atom is 0.303 e. The van der Waals surface area contributed by atoms with Gasteiger partial charge in [-0.15, -0.1) is 0 Å². The van der Waals surface area contributed by atoms with Gasteiger partial charge in [-0.3, -0.25) is 4.79 Å². The summed E-state index contributed by atoms with van der Waals surface area (Å²) in [5, 5.41) is 53.9. The Morgan fingerprint density at radius 2 is 1.69 bits per heavy atom. The van der Waals surface area contributed by atoms with Gasteiger partial charge in [-0.1, -0.05) is 41.0 Å². The van der Waals surface area contributed by atoms with Crippen LogP contribution in [0.25, 0.3) is 0 Å². The Morgan fingerprint density at radius 1 is 1.00 bits per heavy atom. The lowest BCUT2D eigenvalue weighted by Crippen LogP contribution is -2.69. The molecule has 0 bridgehead atoms. The second-order valence-corrected chi connectivity index (χ2v) is 13.9. The van der Waals surface area contributed by atoms with Gasteiger partial charge in [0.05, 0.1) is 23.9 Å². The molecule has 6 heteroatoms. The lowest BCUT2D eigenvalue weighted by Gasteiger charge is -2.65. The van der Waals surface area contributed by atoms with Crippen molar-refractivity contribution in [1.82, 2.24) is 0 Å². The standard InChI is InChI=1S/C29H50O6/c1-16(2)18(12-25(33)34)7-6-17(3)22-14-23(31)26-20-13-24(32)29(35)15-19(30)8-11-28(29,5)21(20)9-10-27(22,26)4/h16-24,26,30-32,35H,6-15H2,1-5H3,(H,33,34)/t17-,18-,19+,20-,21+,22-,23+,24-,26+,27-,28-,29+/m1/s1.